The molecule has 94 valence electrons. The molecule has 1 heterocycles. The van der Waals surface area contributed by atoms with Crippen molar-refractivity contribution in [3.63, 3.8) is 0 Å². The van der Waals surface area contributed by atoms with E-state index in [0.717, 1.165) is 17.6 Å². The van der Waals surface area contributed by atoms with Crippen LogP contribution >= 0.6 is 11.3 Å². The van der Waals surface area contributed by atoms with Crippen molar-refractivity contribution < 1.29 is 8.42 Å². The van der Waals surface area contributed by atoms with Crippen molar-refractivity contribution in [2.75, 3.05) is 30.0 Å². The summed E-state index contributed by atoms with van der Waals surface area (Å²) in [7, 11) is -3.43. The van der Waals surface area contributed by atoms with Crippen molar-refractivity contribution >= 4 is 31.9 Å². The molecule has 17 heavy (non-hydrogen) atoms. The molecular weight excluding hydrogens is 258 g/mol. The van der Waals surface area contributed by atoms with Crippen LogP contribution in [0.3, 0.4) is 0 Å². The summed E-state index contributed by atoms with van der Waals surface area (Å²) in [5, 5.41) is 9.48. The smallest absolute Gasteiger partial charge is 0.180 e. The quantitative estimate of drug-likeness (QED) is 0.897. The van der Waals surface area contributed by atoms with Gasteiger partial charge >= 0.3 is 0 Å². The van der Waals surface area contributed by atoms with Crippen LogP contribution < -0.4 is 10.6 Å². The normalized spacial score (nSPS) is 11.2. The standard InChI is InChI=1S/C10H15N3O2S2/c1-4-13(5-2)10-9(17(3,14)15)8(12)7(6-11)16-10/h4-5,12H2,1-3H3. The van der Waals surface area contributed by atoms with Crippen LogP contribution in [0.2, 0.25) is 0 Å². The average Bonchev–Trinajstić information content (AvgIpc) is 2.57. The molecule has 0 amide bonds. The van der Waals surface area contributed by atoms with E-state index in [2.05, 4.69) is 0 Å². The number of anilines is 2. The van der Waals surface area contributed by atoms with Crippen molar-refractivity contribution in [1.29, 1.82) is 5.26 Å². The van der Waals surface area contributed by atoms with Crippen molar-refractivity contribution in [1.82, 2.24) is 0 Å². The highest BCUT2D eigenvalue weighted by Crippen LogP contribution is 2.40. The molecule has 1 aromatic heterocycles. The molecule has 0 aliphatic rings. The van der Waals surface area contributed by atoms with E-state index in [1.165, 1.54) is 0 Å². The maximum atomic E-state index is 11.7. The van der Waals surface area contributed by atoms with E-state index >= 15 is 0 Å². The number of nitrogens with zero attached hydrogens (tertiary/aromatic N) is 2. The van der Waals surface area contributed by atoms with Crippen LogP contribution in [0.4, 0.5) is 10.7 Å². The molecule has 2 N–H and O–H groups in total. The van der Waals surface area contributed by atoms with Crippen LogP contribution in [0, 0.1) is 11.3 Å². The number of nitrogen functional groups attached to an aromatic ring is 1. The SMILES string of the molecule is CCN(CC)c1sc(C#N)c(N)c1S(C)(=O)=O. The van der Waals surface area contributed by atoms with Gasteiger partial charge in [-0.1, -0.05) is 0 Å². The molecule has 1 rings (SSSR count). The maximum Gasteiger partial charge on any atom is 0.180 e. The lowest BCUT2D eigenvalue weighted by Gasteiger charge is -2.20. The lowest BCUT2D eigenvalue weighted by atomic mass is 10.4. The van der Waals surface area contributed by atoms with Gasteiger partial charge in [-0.15, -0.1) is 11.3 Å². The third kappa shape index (κ3) is 2.53. The fourth-order valence-electron chi connectivity index (χ4n) is 1.58. The minimum absolute atomic E-state index is 0.0712. The van der Waals surface area contributed by atoms with Crippen molar-refractivity contribution in [3.05, 3.63) is 4.88 Å². The van der Waals surface area contributed by atoms with E-state index in [0.29, 0.717) is 18.1 Å². The topological polar surface area (TPSA) is 87.2 Å². The molecule has 0 aromatic carbocycles. The van der Waals surface area contributed by atoms with E-state index < -0.39 is 9.84 Å². The first-order chi connectivity index (χ1) is 7.86. The van der Waals surface area contributed by atoms with Gasteiger partial charge in [0.1, 0.15) is 20.8 Å². The Morgan fingerprint density at radius 3 is 2.29 bits per heavy atom. The highest BCUT2D eigenvalue weighted by Gasteiger charge is 2.26. The third-order valence-electron chi connectivity index (χ3n) is 2.41. The zero-order chi connectivity index (χ0) is 13.2. The molecule has 0 saturated heterocycles. The van der Waals surface area contributed by atoms with Crippen LogP contribution in [-0.4, -0.2) is 27.8 Å². The first kappa shape index (κ1) is 13.8. The van der Waals surface area contributed by atoms with E-state index in [9.17, 15) is 8.42 Å². The molecule has 1 aromatic rings. The Bertz CT molecular complexity index is 551. The highest BCUT2D eigenvalue weighted by atomic mass is 32.2. The molecular formula is C10H15N3O2S2. The summed E-state index contributed by atoms with van der Waals surface area (Å²) in [6, 6.07) is 1.93. The molecule has 0 spiro atoms. The van der Waals surface area contributed by atoms with Gasteiger partial charge in [0.15, 0.2) is 9.84 Å². The van der Waals surface area contributed by atoms with Crippen molar-refractivity contribution in [2.24, 2.45) is 0 Å². The molecule has 0 aliphatic carbocycles. The van der Waals surface area contributed by atoms with Crippen molar-refractivity contribution in [2.45, 2.75) is 18.7 Å². The van der Waals surface area contributed by atoms with Gasteiger partial charge in [0, 0.05) is 19.3 Å². The number of thiophene rings is 1. The molecule has 0 atom stereocenters. The molecule has 0 radical (unpaired) electrons. The zero-order valence-electron chi connectivity index (χ0n) is 10.0. The van der Waals surface area contributed by atoms with Gasteiger partial charge in [-0.05, 0) is 13.8 Å². The average molecular weight is 273 g/mol. The Labute approximate surface area is 105 Å². The lowest BCUT2D eigenvalue weighted by Crippen LogP contribution is -2.22. The number of rotatable bonds is 4. The summed E-state index contributed by atoms with van der Waals surface area (Å²) in [6.45, 7) is 5.20. The van der Waals surface area contributed by atoms with Gasteiger partial charge in [0.2, 0.25) is 0 Å². The minimum Gasteiger partial charge on any atom is -0.396 e. The van der Waals surface area contributed by atoms with E-state index in [4.69, 9.17) is 11.0 Å². The molecule has 0 fully saturated rings. The Hall–Kier alpha value is -1.26. The third-order valence-corrected chi connectivity index (χ3v) is 4.86. The van der Waals surface area contributed by atoms with Crippen LogP contribution in [0.5, 0.6) is 0 Å². The van der Waals surface area contributed by atoms with Crippen LogP contribution in [0.15, 0.2) is 4.90 Å². The van der Waals surface area contributed by atoms with Crippen LogP contribution in [-0.2, 0) is 9.84 Å². The number of hydrogen-bond acceptors (Lipinski definition) is 6. The highest BCUT2D eigenvalue weighted by molar-refractivity contribution is 7.91. The van der Waals surface area contributed by atoms with E-state index in [1.807, 2.05) is 24.8 Å². The zero-order valence-corrected chi connectivity index (χ0v) is 11.7. The molecule has 0 bridgehead atoms. The minimum atomic E-state index is -3.43. The lowest BCUT2D eigenvalue weighted by molar-refractivity contribution is 0.602. The number of hydrogen-bond donors (Lipinski definition) is 1. The first-order valence-corrected chi connectivity index (χ1v) is 7.84. The van der Waals surface area contributed by atoms with Crippen LogP contribution in [0.25, 0.3) is 0 Å². The van der Waals surface area contributed by atoms with E-state index in [1.54, 1.807) is 0 Å². The number of nitriles is 1. The van der Waals surface area contributed by atoms with Gasteiger partial charge in [-0.3, -0.25) is 0 Å². The second-order valence-corrected chi connectivity index (χ2v) is 6.49. The fraction of sp³-hybridized carbons (Fsp3) is 0.500. The summed E-state index contributed by atoms with van der Waals surface area (Å²) in [5.74, 6) is 0. The maximum absolute atomic E-state index is 11.7. The fourth-order valence-corrected chi connectivity index (χ4v) is 4.21. The second-order valence-electron chi connectivity index (χ2n) is 3.54. The molecule has 0 saturated carbocycles. The molecule has 5 nitrogen and oxygen atoms in total. The second kappa shape index (κ2) is 4.94. The molecule has 7 heteroatoms. The van der Waals surface area contributed by atoms with Gasteiger partial charge in [0.25, 0.3) is 0 Å². The first-order valence-electron chi connectivity index (χ1n) is 5.14. The van der Waals surface area contributed by atoms with Gasteiger partial charge in [0.05, 0.1) is 5.69 Å². The predicted molar refractivity (Wildman–Crippen MR) is 70.1 cm³/mol. The summed E-state index contributed by atoms with van der Waals surface area (Å²) in [5.41, 5.74) is 5.80. The van der Waals surface area contributed by atoms with Gasteiger partial charge in [-0.25, -0.2) is 8.42 Å². The Kier molecular flexibility index (Phi) is 4.01. The monoisotopic (exact) mass is 273 g/mol. The molecule has 0 aliphatic heterocycles. The number of sulfone groups is 1. The van der Waals surface area contributed by atoms with Crippen molar-refractivity contribution in [3.8, 4) is 6.07 Å². The summed E-state index contributed by atoms with van der Waals surface area (Å²) < 4.78 is 23.5. The Morgan fingerprint density at radius 1 is 1.41 bits per heavy atom. The van der Waals surface area contributed by atoms with Crippen LogP contribution in [0.1, 0.15) is 18.7 Å². The van der Waals surface area contributed by atoms with Gasteiger partial charge < -0.3 is 10.6 Å². The summed E-state index contributed by atoms with van der Waals surface area (Å²) in [6.07, 6.45) is 1.11. The largest absolute Gasteiger partial charge is 0.396 e. The molecule has 0 unspecified atom stereocenters. The Morgan fingerprint density at radius 2 is 1.94 bits per heavy atom. The summed E-state index contributed by atoms with van der Waals surface area (Å²) >= 11 is 1.13. The number of nitrogens with two attached hydrogens (primary N) is 1. The van der Waals surface area contributed by atoms with Gasteiger partial charge in [-0.2, -0.15) is 5.26 Å². The summed E-state index contributed by atoms with van der Waals surface area (Å²) in [4.78, 5) is 2.23. The predicted octanol–water partition coefficient (Wildman–Crippen LogP) is 1.45. The van der Waals surface area contributed by atoms with E-state index in [-0.39, 0.29) is 15.5 Å². The Balaban J connectivity index is 3.56.